The van der Waals surface area contributed by atoms with Crippen molar-refractivity contribution < 1.29 is 0 Å². The van der Waals surface area contributed by atoms with Crippen LogP contribution in [0.3, 0.4) is 0 Å². The van der Waals surface area contributed by atoms with E-state index in [1.54, 1.807) is 0 Å². The minimum absolute atomic E-state index is 0.316. The topological polar surface area (TPSA) is 32.5 Å². The molecule has 3 nitrogen and oxygen atoms in total. The van der Waals surface area contributed by atoms with E-state index in [2.05, 4.69) is 35.4 Å². The molecule has 3 fully saturated rings. The highest BCUT2D eigenvalue weighted by molar-refractivity contribution is 8.00. The van der Waals surface area contributed by atoms with E-state index in [9.17, 15) is 0 Å². The standard InChI is InChI=1S/C14H27N3S/c1-11-7-17(8-12(2)18-11)14(10-15)4-6-16-5-3-13(14)9-16/h11-13H,3-10,15H2,1-2H3. The first kappa shape index (κ1) is 13.2. The summed E-state index contributed by atoms with van der Waals surface area (Å²) in [6.07, 6.45) is 2.65. The van der Waals surface area contributed by atoms with Crippen LogP contribution in [0.4, 0.5) is 0 Å². The molecule has 18 heavy (non-hydrogen) atoms. The van der Waals surface area contributed by atoms with E-state index in [1.807, 2.05) is 0 Å². The summed E-state index contributed by atoms with van der Waals surface area (Å²) in [4.78, 5) is 5.40. The van der Waals surface area contributed by atoms with Gasteiger partial charge in [0.1, 0.15) is 0 Å². The third kappa shape index (κ3) is 2.11. The van der Waals surface area contributed by atoms with Crippen molar-refractivity contribution in [3.63, 3.8) is 0 Å². The fraction of sp³-hybridized carbons (Fsp3) is 1.00. The highest BCUT2D eigenvalue weighted by atomic mass is 32.2. The molecule has 0 saturated carbocycles. The maximum atomic E-state index is 6.28. The SMILES string of the molecule is CC1CN(C2(CN)CCN3CCC2C3)CC(C)S1. The maximum absolute atomic E-state index is 6.28. The first-order chi connectivity index (χ1) is 8.64. The van der Waals surface area contributed by atoms with Gasteiger partial charge in [-0.1, -0.05) is 13.8 Å². The van der Waals surface area contributed by atoms with Crippen molar-refractivity contribution in [1.82, 2.24) is 9.80 Å². The molecule has 3 rings (SSSR count). The van der Waals surface area contributed by atoms with E-state index in [1.165, 1.54) is 45.6 Å². The zero-order valence-corrected chi connectivity index (χ0v) is 12.6. The molecule has 3 aliphatic rings. The van der Waals surface area contributed by atoms with Crippen LogP contribution in [0.2, 0.25) is 0 Å². The predicted octanol–water partition coefficient (Wildman–Crippen LogP) is 1.24. The summed E-state index contributed by atoms with van der Waals surface area (Å²) in [6, 6.07) is 0. The first-order valence-corrected chi connectivity index (χ1v) is 8.41. The molecule has 3 heterocycles. The van der Waals surface area contributed by atoms with Gasteiger partial charge in [0.05, 0.1) is 0 Å². The molecular weight excluding hydrogens is 242 g/mol. The third-order valence-corrected chi connectivity index (χ3v) is 6.52. The number of nitrogens with zero attached hydrogens (tertiary/aromatic N) is 2. The van der Waals surface area contributed by atoms with Crippen LogP contribution < -0.4 is 5.73 Å². The Morgan fingerprint density at radius 2 is 1.89 bits per heavy atom. The summed E-state index contributed by atoms with van der Waals surface area (Å²) in [5.74, 6) is 0.818. The minimum Gasteiger partial charge on any atom is -0.329 e. The van der Waals surface area contributed by atoms with Crippen LogP contribution >= 0.6 is 11.8 Å². The molecule has 0 spiro atoms. The van der Waals surface area contributed by atoms with Gasteiger partial charge in [-0.25, -0.2) is 0 Å². The van der Waals surface area contributed by atoms with Gasteiger partial charge in [0, 0.05) is 42.2 Å². The smallest absolute Gasteiger partial charge is 0.0385 e. The lowest BCUT2D eigenvalue weighted by molar-refractivity contribution is 0.00672. The summed E-state index contributed by atoms with van der Waals surface area (Å²) >= 11 is 2.14. The van der Waals surface area contributed by atoms with Crippen molar-refractivity contribution in [3.05, 3.63) is 0 Å². The molecule has 2 N–H and O–H groups in total. The lowest BCUT2D eigenvalue weighted by Crippen LogP contribution is -2.65. The fourth-order valence-corrected chi connectivity index (χ4v) is 5.71. The van der Waals surface area contributed by atoms with Crippen molar-refractivity contribution in [2.24, 2.45) is 11.7 Å². The number of thioether (sulfide) groups is 1. The van der Waals surface area contributed by atoms with E-state index in [0.717, 1.165) is 23.0 Å². The van der Waals surface area contributed by atoms with Crippen LogP contribution in [-0.2, 0) is 0 Å². The van der Waals surface area contributed by atoms with Crippen LogP contribution in [-0.4, -0.2) is 65.1 Å². The van der Waals surface area contributed by atoms with Crippen molar-refractivity contribution in [1.29, 1.82) is 0 Å². The molecular formula is C14H27N3S. The molecule has 4 heteroatoms. The van der Waals surface area contributed by atoms with Crippen molar-refractivity contribution >= 4 is 11.8 Å². The van der Waals surface area contributed by atoms with E-state index in [-0.39, 0.29) is 0 Å². The maximum Gasteiger partial charge on any atom is 0.0385 e. The molecule has 3 aliphatic heterocycles. The third-order valence-electron chi connectivity index (χ3n) is 5.30. The molecule has 0 aliphatic carbocycles. The largest absolute Gasteiger partial charge is 0.329 e. The van der Waals surface area contributed by atoms with Crippen LogP contribution in [0.15, 0.2) is 0 Å². The van der Waals surface area contributed by atoms with Gasteiger partial charge in [-0.15, -0.1) is 0 Å². The van der Waals surface area contributed by atoms with Gasteiger partial charge in [0.25, 0.3) is 0 Å². The second kappa shape index (κ2) is 4.97. The van der Waals surface area contributed by atoms with Gasteiger partial charge in [0.15, 0.2) is 0 Å². The molecule has 0 aromatic carbocycles. The van der Waals surface area contributed by atoms with Gasteiger partial charge in [-0.2, -0.15) is 11.8 Å². The Bertz CT molecular complexity index is 301. The Balaban J connectivity index is 1.82. The lowest BCUT2D eigenvalue weighted by atomic mass is 9.77. The highest BCUT2D eigenvalue weighted by Gasteiger charge is 2.49. The van der Waals surface area contributed by atoms with Crippen LogP contribution in [0, 0.1) is 5.92 Å². The van der Waals surface area contributed by atoms with Crippen LogP contribution in [0.5, 0.6) is 0 Å². The van der Waals surface area contributed by atoms with E-state index >= 15 is 0 Å². The summed E-state index contributed by atoms with van der Waals surface area (Å²) in [7, 11) is 0. The highest BCUT2D eigenvalue weighted by Crippen LogP contribution is 2.42. The number of rotatable bonds is 2. The Kier molecular flexibility index (Phi) is 3.65. The molecule has 5 atom stereocenters. The summed E-state index contributed by atoms with van der Waals surface area (Å²) in [6.45, 7) is 12.0. The van der Waals surface area contributed by atoms with Crippen LogP contribution in [0.1, 0.15) is 26.7 Å². The second-order valence-electron chi connectivity index (χ2n) is 6.51. The van der Waals surface area contributed by atoms with E-state index < -0.39 is 0 Å². The Hall–Kier alpha value is 0.230. The van der Waals surface area contributed by atoms with Crippen molar-refractivity contribution in [3.8, 4) is 0 Å². The normalized spacial score (nSPS) is 49.5. The van der Waals surface area contributed by atoms with Gasteiger partial charge in [-0.3, -0.25) is 4.90 Å². The number of hydrogen-bond acceptors (Lipinski definition) is 4. The van der Waals surface area contributed by atoms with E-state index in [0.29, 0.717) is 5.54 Å². The van der Waals surface area contributed by atoms with Crippen molar-refractivity contribution in [2.75, 3.05) is 39.3 Å². The molecule has 104 valence electrons. The number of hydrogen-bond donors (Lipinski definition) is 1. The fourth-order valence-electron chi connectivity index (χ4n) is 4.39. The number of piperidine rings is 1. The summed E-state index contributed by atoms with van der Waals surface area (Å²) in [5.41, 5.74) is 6.59. The van der Waals surface area contributed by atoms with Gasteiger partial charge in [-0.05, 0) is 31.8 Å². The molecule has 0 radical (unpaired) electrons. The van der Waals surface area contributed by atoms with E-state index in [4.69, 9.17) is 5.73 Å². The molecule has 5 unspecified atom stereocenters. The van der Waals surface area contributed by atoms with Gasteiger partial charge < -0.3 is 10.6 Å². The zero-order chi connectivity index (χ0) is 12.8. The van der Waals surface area contributed by atoms with Gasteiger partial charge in [0.2, 0.25) is 0 Å². The Labute approximate surface area is 115 Å². The van der Waals surface area contributed by atoms with Gasteiger partial charge >= 0.3 is 0 Å². The predicted molar refractivity (Wildman–Crippen MR) is 79.0 cm³/mol. The molecule has 0 aromatic heterocycles. The Morgan fingerprint density at radius 1 is 1.17 bits per heavy atom. The minimum atomic E-state index is 0.316. The summed E-state index contributed by atoms with van der Waals surface area (Å²) < 4.78 is 0. The first-order valence-electron chi connectivity index (χ1n) is 7.47. The molecule has 2 bridgehead atoms. The average molecular weight is 269 g/mol. The summed E-state index contributed by atoms with van der Waals surface area (Å²) in [5, 5.41) is 1.52. The van der Waals surface area contributed by atoms with Crippen LogP contribution in [0.25, 0.3) is 0 Å². The lowest BCUT2D eigenvalue weighted by Gasteiger charge is -2.53. The zero-order valence-electron chi connectivity index (χ0n) is 11.8. The monoisotopic (exact) mass is 269 g/mol. The molecule has 0 aromatic rings. The average Bonchev–Trinajstić information content (AvgIpc) is 2.73. The number of fused-ring (bicyclic) bond motifs is 2. The molecule has 3 saturated heterocycles. The second-order valence-corrected chi connectivity index (χ2v) is 8.39. The van der Waals surface area contributed by atoms with Crippen molar-refractivity contribution in [2.45, 2.75) is 42.7 Å². The Morgan fingerprint density at radius 3 is 2.56 bits per heavy atom. The quantitative estimate of drug-likeness (QED) is 0.817. The molecule has 0 amide bonds. The number of nitrogens with two attached hydrogens (primary N) is 1.